The van der Waals surface area contributed by atoms with E-state index in [0.29, 0.717) is 18.1 Å². The van der Waals surface area contributed by atoms with E-state index in [2.05, 4.69) is 43.0 Å². The minimum atomic E-state index is -0.619. The van der Waals surface area contributed by atoms with Gasteiger partial charge >= 0.3 is 5.97 Å². The minimum Gasteiger partial charge on any atom is -0.489 e. The number of halogens is 1. The van der Waals surface area contributed by atoms with Crippen molar-refractivity contribution in [2.75, 3.05) is 0 Å². The van der Waals surface area contributed by atoms with Crippen LogP contribution in [0.3, 0.4) is 0 Å². The first-order valence-corrected chi connectivity index (χ1v) is 14.2. The number of hydrogen-bond donors (Lipinski definition) is 1. The van der Waals surface area contributed by atoms with Crippen LogP contribution in [-0.4, -0.2) is 34.2 Å². The Labute approximate surface area is 215 Å². The summed E-state index contributed by atoms with van der Waals surface area (Å²) in [5, 5.41) is 12.6. The van der Waals surface area contributed by atoms with Gasteiger partial charge in [0, 0.05) is 23.5 Å². The van der Waals surface area contributed by atoms with Crippen LogP contribution in [0.4, 0.5) is 0 Å². The Hall–Kier alpha value is -1.78. The van der Waals surface area contributed by atoms with Crippen molar-refractivity contribution in [3.05, 3.63) is 40.9 Å². The fourth-order valence-electron chi connectivity index (χ4n) is 7.17. The van der Waals surface area contributed by atoms with Gasteiger partial charge in [-0.1, -0.05) is 56.5 Å². The van der Waals surface area contributed by atoms with Crippen LogP contribution in [0.25, 0.3) is 10.8 Å². The number of rotatable bonds is 7. The second kappa shape index (κ2) is 10.7. The molecule has 3 aliphatic rings. The zero-order chi connectivity index (χ0) is 24.5. The highest BCUT2D eigenvalue weighted by atomic mass is 35.5. The summed E-state index contributed by atoms with van der Waals surface area (Å²) in [5.74, 6) is 0.849. The predicted octanol–water partition coefficient (Wildman–Crippen LogP) is 8.01. The summed E-state index contributed by atoms with van der Waals surface area (Å²) in [5.41, 5.74) is 1.31. The molecule has 3 atom stereocenters. The third-order valence-corrected chi connectivity index (χ3v) is 9.51. The van der Waals surface area contributed by atoms with Crippen molar-refractivity contribution < 1.29 is 14.6 Å². The summed E-state index contributed by atoms with van der Waals surface area (Å²) >= 11 is 6.86. The van der Waals surface area contributed by atoms with Crippen molar-refractivity contribution in [2.24, 2.45) is 11.8 Å². The van der Waals surface area contributed by atoms with Crippen molar-refractivity contribution in [2.45, 2.75) is 109 Å². The Morgan fingerprint density at radius 1 is 1.06 bits per heavy atom. The van der Waals surface area contributed by atoms with Gasteiger partial charge in [-0.25, -0.2) is 0 Å². The Bertz CT molecular complexity index is 1030. The van der Waals surface area contributed by atoms with E-state index >= 15 is 0 Å². The molecule has 35 heavy (non-hydrogen) atoms. The number of carbonyl (C=O) groups is 1. The van der Waals surface area contributed by atoms with Gasteiger partial charge < -0.3 is 9.84 Å². The molecule has 2 aromatic carbocycles. The van der Waals surface area contributed by atoms with Crippen LogP contribution in [0.1, 0.15) is 96.1 Å². The van der Waals surface area contributed by atoms with Gasteiger partial charge in [0.05, 0.1) is 17.0 Å². The highest BCUT2D eigenvalue weighted by molar-refractivity contribution is 6.37. The quantitative estimate of drug-likeness (QED) is 0.420. The molecule has 0 aromatic heterocycles. The summed E-state index contributed by atoms with van der Waals surface area (Å²) in [6, 6.07) is 11.9. The first-order valence-electron chi connectivity index (χ1n) is 13.9. The molecule has 5 heteroatoms. The Kier molecular flexibility index (Phi) is 7.60. The zero-order valence-electron chi connectivity index (χ0n) is 21.2. The van der Waals surface area contributed by atoms with Gasteiger partial charge in [-0.2, -0.15) is 0 Å². The lowest BCUT2D eigenvalue weighted by Gasteiger charge is -2.51. The molecule has 190 valence electrons. The first-order chi connectivity index (χ1) is 17.0. The zero-order valence-corrected chi connectivity index (χ0v) is 22.0. The largest absolute Gasteiger partial charge is 0.489 e. The molecule has 4 nitrogen and oxygen atoms in total. The summed E-state index contributed by atoms with van der Waals surface area (Å²) in [7, 11) is 0. The number of piperidine rings is 2. The summed E-state index contributed by atoms with van der Waals surface area (Å²) in [6.07, 6.45) is 12.3. The van der Waals surface area contributed by atoms with E-state index in [9.17, 15) is 9.90 Å². The molecule has 1 aliphatic carbocycles. The molecule has 2 saturated heterocycles. The van der Waals surface area contributed by atoms with Crippen molar-refractivity contribution in [3.8, 4) is 5.75 Å². The van der Waals surface area contributed by atoms with Gasteiger partial charge in [0.2, 0.25) is 0 Å². The number of hydrogen-bond acceptors (Lipinski definition) is 3. The molecule has 2 aliphatic heterocycles. The number of nitrogens with zero attached hydrogens (tertiary/aromatic N) is 1. The lowest BCUT2D eigenvalue weighted by atomic mass is 9.76. The molecule has 1 saturated carbocycles. The van der Waals surface area contributed by atoms with Crippen molar-refractivity contribution in [1.29, 1.82) is 0 Å². The summed E-state index contributed by atoms with van der Waals surface area (Å²) in [4.78, 5) is 14.4. The van der Waals surface area contributed by atoms with Gasteiger partial charge in [-0.05, 0) is 86.8 Å². The number of aliphatic carboxylic acids is 1. The molecule has 0 amide bonds. The van der Waals surface area contributed by atoms with Gasteiger partial charge in [-0.3, -0.25) is 9.69 Å². The maximum atomic E-state index is 11.7. The summed E-state index contributed by atoms with van der Waals surface area (Å²) in [6.45, 7) is 4.54. The molecule has 0 spiro atoms. The molecule has 5 rings (SSSR count). The Balaban J connectivity index is 1.36. The number of ether oxygens (including phenoxy) is 1. The fourth-order valence-corrected chi connectivity index (χ4v) is 7.45. The van der Waals surface area contributed by atoms with E-state index in [0.717, 1.165) is 72.4 Å². The topological polar surface area (TPSA) is 49.8 Å². The smallest absolute Gasteiger partial charge is 0.306 e. The molecule has 2 heterocycles. The molecule has 2 bridgehead atoms. The van der Waals surface area contributed by atoms with E-state index in [-0.39, 0.29) is 12.0 Å². The number of carboxylic acids is 1. The second-order valence-electron chi connectivity index (χ2n) is 11.1. The highest BCUT2D eigenvalue weighted by Gasteiger charge is 2.43. The molecule has 2 unspecified atom stereocenters. The van der Waals surface area contributed by atoms with Crippen LogP contribution in [-0.2, 0) is 4.79 Å². The normalized spacial score (nSPS) is 30.2. The average Bonchev–Trinajstić information content (AvgIpc) is 2.86. The monoisotopic (exact) mass is 497 g/mol. The third-order valence-electron chi connectivity index (χ3n) is 9.12. The molecule has 2 aromatic rings. The predicted molar refractivity (Wildman–Crippen MR) is 142 cm³/mol. The number of fused-ring (bicyclic) bond motifs is 3. The van der Waals surface area contributed by atoms with Crippen LogP contribution in [0.15, 0.2) is 30.3 Å². The van der Waals surface area contributed by atoms with Crippen molar-refractivity contribution in [1.82, 2.24) is 4.90 Å². The van der Waals surface area contributed by atoms with E-state index in [1.165, 1.54) is 31.2 Å². The van der Waals surface area contributed by atoms with Crippen molar-refractivity contribution >= 4 is 28.3 Å². The van der Waals surface area contributed by atoms with Crippen LogP contribution in [0, 0.1) is 11.8 Å². The van der Waals surface area contributed by atoms with Crippen LogP contribution in [0.5, 0.6) is 5.75 Å². The number of benzene rings is 2. The standard InChI is InChI=1S/C30H40ClNO3/c1-3-19-8-12-25(13-9-19)35-28-15-11-20-16-21(10-14-26(20)29(28)31)27(4-2)32-23-6-5-7-24(32)18-22(17-23)30(33)34/h10-11,14-16,19,22-25,27H,3-9,12-13,17-18H2,1-2H3,(H,33,34)/t19-,22?,23?,24?,25+,27-/m1/s1. The van der Waals surface area contributed by atoms with E-state index in [1.54, 1.807) is 0 Å². The van der Waals surface area contributed by atoms with E-state index < -0.39 is 5.97 Å². The third kappa shape index (κ3) is 5.06. The Morgan fingerprint density at radius 3 is 2.40 bits per heavy atom. The van der Waals surface area contributed by atoms with Crippen LogP contribution < -0.4 is 4.74 Å². The Morgan fingerprint density at radius 2 is 1.77 bits per heavy atom. The van der Waals surface area contributed by atoms with Gasteiger partial charge in [0.25, 0.3) is 0 Å². The fraction of sp³-hybridized carbons (Fsp3) is 0.633. The van der Waals surface area contributed by atoms with Crippen LogP contribution >= 0.6 is 11.6 Å². The average molecular weight is 498 g/mol. The minimum absolute atomic E-state index is 0.190. The lowest BCUT2D eigenvalue weighted by molar-refractivity contribution is -0.147. The van der Waals surface area contributed by atoms with E-state index in [4.69, 9.17) is 16.3 Å². The second-order valence-corrected chi connectivity index (χ2v) is 11.5. The van der Waals surface area contributed by atoms with E-state index in [1.807, 2.05) is 6.07 Å². The lowest BCUT2D eigenvalue weighted by Crippen LogP contribution is -2.54. The highest BCUT2D eigenvalue weighted by Crippen LogP contribution is 2.44. The molecule has 0 radical (unpaired) electrons. The maximum Gasteiger partial charge on any atom is 0.306 e. The first kappa shape index (κ1) is 24.9. The molecular formula is C30H40ClNO3. The maximum absolute atomic E-state index is 11.7. The SMILES string of the molecule is CC[C@H](c1ccc2c(Cl)c(O[C@H]3CC[C@@H](CC)CC3)ccc2c1)N1C2CCCC1CC(C(=O)O)C2. The molecular weight excluding hydrogens is 458 g/mol. The number of carboxylic acid groups (broad SMARTS) is 1. The summed E-state index contributed by atoms with van der Waals surface area (Å²) < 4.78 is 6.37. The van der Waals surface area contributed by atoms with Gasteiger partial charge in [-0.15, -0.1) is 0 Å². The molecule has 1 N–H and O–H groups in total. The van der Waals surface area contributed by atoms with Crippen LogP contribution in [0.2, 0.25) is 5.02 Å². The molecule has 3 fully saturated rings. The van der Waals surface area contributed by atoms with Gasteiger partial charge in [0.15, 0.2) is 0 Å². The van der Waals surface area contributed by atoms with Gasteiger partial charge in [0.1, 0.15) is 5.75 Å². The van der Waals surface area contributed by atoms with Crippen molar-refractivity contribution in [3.63, 3.8) is 0 Å².